The summed E-state index contributed by atoms with van der Waals surface area (Å²) in [4.78, 5) is 13.1. The van der Waals surface area contributed by atoms with Crippen molar-refractivity contribution in [3.63, 3.8) is 0 Å². The summed E-state index contributed by atoms with van der Waals surface area (Å²) in [6, 6.07) is 7.50. The second-order valence-corrected chi connectivity index (χ2v) is 11.7. The summed E-state index contributed by atoms with van der Waals surface area (Å²) >= 11 is 0. The molecule has 1 saturated carbocycles. The molecule has 2 unspecified atom stereocenters. The van der Waals surface area contributed by atoms with E-state index in [-0.39, 0.29) is 11.4 Å². The molecule has 4 heteroatoms. The van der Waals surface area contributed by atoms with Gasteiger partial charge in [0.05, 0.1) is 12.0 Å². The van der Waals surface area contributed by atoms with Crippen molar-refractivity contribution >= 4 is 5.97 Å². The number of aromatic hydroxyl groups is 1. The number of rotatable bonds is 12. The lowest BCUT2D eigenvalue weighted by atomic mass is 9.83. The Morgan fingerprint density at radius 2 is 1.70 bits per heavy atom. The largest absolute Gasteiger partial charge is 0.508 e. The maximum Gasteiger partial charge on any atom is 0.313 e. The summed E-state index contributed by atoms with van der Waals surface area (Å²) in [7, 11) is 0. The maximum absolute atomic E-state index is 13.1. The first-order valence-corrected chi connectivity index (χ1v) is 13.1. The summed E-state index contributed by atoms with van der Waals surface area (Å²) in [5.41, 5.74) is 0.434. The van der Waals surface area contributed by atoms with Crippen LogP contribution in [0, 0.1) is 16.7 Å². The Labute approximate surface area is 202 Å². The van der Waals surface area contributed by atoms with Crippen LogP contribution in [0.3, 0.4) is 0 Å². The fraction of sp³-hybridized carbons (Fsp3) is 0.759. The second kappa shape index (κ2) is 12.8. The Balaban J connectivity index is 1.84. The molecule has 0 amide bonds. The van der Waals surface area contributed by atoms with Crippen LogP contribution < -0.4 is 0 Å². The molecule has 2 rings (SSSR count). The molecule has 1 aromatic rings. The van der Waals surface area contributed by atoms with Crippen LogP contribution in [-0.4, -0.2) is 24.0 Å². The third kappa shape index (κ3) is 9.31. The average Bonchev–Trinajstić information content (AvgIpc) is 2.76. The highest BCUT2D eigenvalue weighted by atomic mass is 16.7. The minimum Gasteiger partial charge on any atom is -0.508 e. The van der Waals surface area contributed by atoms with Gasteiger partial charge in [0.15, 0.2) is 0 Å². The molecular formula is C29H48O4. The minimum atomic E-state index is -0.552. The molecule has 1 aromatic carbocycles. The van der Waals surface area contributed by atoms with E-state index in [2.05, 4.69) is 27.7 Å². The van der Waals surface area contributed by atoms with Gasteiger partial charge in [-0.3, -0.25) is 4.79 Å². The normalized spacial score (nSPS) is 17.5. The van der Waals surface area contributed by atoms with Gasteiger partial charge in [-0.15, -0.1) is 0 Å². The number of hydrogen-bond acceptors (Lipinski definition) is 4. The van der Waals surface area contributed by atoms with Crippen LogP contribution in [0.15, 0.2) is 24.3 Å². The third-order valence-corrected chi connectivity index (χ3v) is 7.21. The molecule has 1 aliphatic rings. The van der Waals surface area contributed by atoms with Crippen LogP contribution in [0.4, 0.5) is 0 Å². The molecule has 2 atom stereocenters. The highest BCUT2D eigenvalue weighted by Crippen LogP contribution is 2.34. The van der Waals surface area contributed by atoms with Crippen LogP contribution in [0.5, 0.6) is 5.75 Å². The lowest BCUT2D eigenvalue weighted by molar-refractivity contribution is -0.213. The van der Waals surface area contributed by atoms with Crippen molar-refractivity contribution in [3.8, 4) is 5.75 Å². The summed E-state index contributed by atoms with van der Waals surface area (Å²) in [5.74, 6) is 1.32. The van der Waals surface area contributed by atoms with Crippen molar-refractivity contribution < 1.29 is 19.4 Å². The SMILES string of the molecule is CCC(CCCC(C)(C)C(=O)OC(OCCC1CCCCC1)C(C)(C)C)c1ccc(O)cc1. The molecule has 4 nitrogen and oxygen atoms in total. The fourth-order valence-electron chi connectivity index (χ4n) is 4.78. The van der Waals surface area contributed by atoms with Crippen molar-refractivity contribution in [1.82, 2.24) is 0 Å². The topological polar surface area (TPSA) is 55.8 Å². The van der Waals surface area contributed by atoms with Crippen molar-refractivity contribution in [1.29, 1.82) is 0 Å². The molecule has 33 heavy (non-hydrogen) atoms. The van der Waals surface area contributed by atoms with E-state index in [0.29, 0.717) is 18.3 Å². The van der Waals surface area contributed by atoms with E-state index in [4.69, 9.17) is 9.47 Å². The molecule has 1 N–H and O–H groups in total. The summed E-state index contributed by atoms with van der Waals surface area (Å²) < 4.78 is 12.1. The molecule has 0 heterocycles. The van der Waals surface area contributed by atoms with Gasteiger partial charge in [-0.1, -0.05) is 78.4 Å². The Kier molecular flexibility index (Phi) is 10.7. The number of phenols is 1. The Bertz CT molecular complexity index is 695. The Morgan fingerprint density at radius 1 is 1.06 bits per heavy atom. The highest BCUT2D eigenvalue weighted by molar-refractivity contribution is 5.76. The first-order valence-electron chi connectivity index (χ1n) is 13.1. The molecular weight excluding hydrogens is 412 g/mol. The number of ether oxygens (including phenoxy) is 2. The molecule has 188 valence electrons. The van der Waals surface area contributed by atoms with Gasteiger partial charge in [-0.25, -0.2) is 0 Å². The van der Waals surface area contributed by atoms with Crippen LogP contribution in [0.25, 0.3) is 0 Å². The summed E-state index contributed by atoms with van der Waals surface area (Å²) in [6.07, 6.45) is 11.0. The first kappa shape index (κ1) is 27.7. The maximum atomic E-state index is 13.1. The van der Waals surface area contributed by atoms with Gasteiger partial charge < -0.3 is 14.6 Å². The molecule has 0 bridgehead atoms. The number of esters is 1. The van der Waals surface area contributed by atoms with Crippen molar-refractivity contribution in [2.45, 2.75) is 118 Å². The van der Waals surface area contributed by atoms with Gasteiger partial charge in [0.2, 0.25) is 6.29 Å². The van der Waals surface area contributed by atoms with Gasteiger partial charge in [0.25, 0.3) is 0 Å². The van der Waals surface area contributed by atoms with Crippen molar-refractivity contribution in [2.24, 2.45) is 16.7 Å². The second-order valence-electron chi connectivity index (χ2n) is 11.7. The predicted molar refractivity (Wildman–Crippen MR) is 135 cm³/mol. The van der Waals surface area contributed by atoms with Crippen LogP contribution >= 0.6 is 0 Å². The number of benzene rings is 1. The molecule has 0 aromatic heterocycles. The fourth-order valence-corrected chi connectivity index (χ4v) is 4.78. The van der Waals surface area contributed by atoms with Gasteiger partial charge in [-0.05, 0) is 69.1 Å². The molecule has 0 aliphatic heterocycles. The standard InChI is InChI=1S/C29H48O4/c1-7-23(24-15-17-25(30)18-16-24)14-11-20-29(5,6)26(31)33-27(28(2,3)4)32-21-19-22-12-9-8-10-13-22/h15-18,22-23,27,30H,7-14,19-21H2,1-6H3. The predicted octanol–water partition coefficient (Wildman–Crippen LogP) is 7.98. The molecule has 0 radical (unpaired) electrons. The quantitative estimate of drug-likeness (QED) is 0.254. The first-order chi connectivity index (χ1) is 15.5. The molecule has 0 spiro atoms. The van der Waals surface area contributed by atoms with E-state index < -0.39 is 11.7 Å². The Hall–Kier alpha value is -1.55. The van der Waals surface area contributed by atoms with Crippen LogP contribution in [0.1, 0.15) is 117 Å². The van der Waals surface area contributed by atoms with E-state index in [1.807, 2.05) is 26.0 Å². The van der Waals surface area contributed by atoms with E-state index in [1.54, 1.807) is 12.1 Å². The summed E-state index contributed by atoms with van der Waals surface area (Å²) in [6.45, 7) is 13.0. The minimum absolute atomic E-state index is 0.169. The van der Waals surface area contributed by atoms with Gasteiger partial charge in [0, 0.05) is 5.41 Å². The third-order valence-electron chi connectivity index (χ3n) is 7.21. The number of carbonyl (C=O) groups excluding carboxylic acids is 1. The van der Waals surface area contributed by atoms with E-state index in [1.165, 1.54) is 37.7 Å². The molecule has 1 aliphatic carbocycles. The average molecular weight is 461 g/mol. The van der Waals surface area contributed by atoms with E-state index in [0.717, 1.165) is 38.0 Å². The highest BCUT2D eigenvalue weighted by Gasteiger charge is 2.36. The van der Waals surface area contributed by atoms with Crippen molar-refractivity contribution in [2.75, 3.05) is 6.61 Å². The molecule has 0 saturated heterocycles. The van der Waals surface area contributed by atoms with Gasteiger partial charge in [0.1, 0.15) is 5.75 Å². The monoisotopic (exact) mass is 460 g/mol. The Morgan fingerprint density at radius 3 is 2.27 bits per heavy atom. The summed E-state index contributed by atoms with van der Waals surface area (Å²) in [5, 5.41) is 9.54. The zero-order valence-corrected chi connectivity index (χ0v) is 22.0. The van der Waals surface area contributed by atoms with Crippen LogP contribution in [-0.2, 0) is 14.3 Å². The lowest BCUT2D eigenvalue weighted by Crippen LogP contribution is -2.39. The number of carbonyl (C=O) groups is 1. The zero-order valence-electron chi connectivity index (χ0n) is 22.0. The number of phenolic OH excluding ortho intramolecular Hbond substituents is 1. The van der Waals surface area contributed by atoms with E-state index >= 15 is 0 Å². The van der Waals surface area contributed by atoms with Crippen LogP contribution in [0.2, 0.25) is 0 Å². The van der Waals surface area contributed by atoms with Gasteiger partial charge in [-0.2, -0.15) is 0 Å². The zero-order chi connectivity index (χ0) is 24.5. The smallest absolute Gasteiger partial charge is 0.313 e. The number of hydrogen-bond donors (Lipinski definition) is 1. The van der Waals surface area contributed by atoms with E-state index in [9.17, 15) is 9.90 Å². The van der Waals surface area contributed by atoms with Crippen molar-refractivity contribution in [3.05, 3.63) is 29.8 Å². The lowest BCUT2D eigenvalue weighted by Gasteiger charge is -2.34. The van der Waals surface area contributed by atoms with Gasteiger partial charge >= 0.3 is 5.97 Å². The molecule has 1 fully saturated rings.